The summed E-state index contributed by atoms with van der Waals surface area (Å²) in [6.07, 6.45) is 1.49. The third-order valence-electron chi connectivity index (χ3n) is 5.57. The van der Waals surface area contributed by atoms with E-state index in [1.54, 1.807) is 17.0 Å². The van der Waals surface area contributed by atoms with E-state index in [1.165, 1.54) is 37.5 Å². The minimum Gasteiger partial charge on any atom is -0.459 e. The molecule has 1 N–H and O–H groups in total. The number of sulfonamides is 1. The van der Waals surface area contributed by atoms with Gasteiger partial charge in [-0.1, -0.05) is 12.1 Å². The van der Waals surface area contributed by atoms with Gasteiger partial charge in [-0.2, -0.15) is 10.2 Å². The number of rotatable bonds is 8. The van der Waals surface area contributed by atoms with Crippen molar-refractivity contribution in [3.63, 3.8) is 0 Å². The van der Waals surface area contributed by atoms with E-state index in [-0.39, 0.29) is 41.1 Å². The Morgan fingerprint density at radius 2 is 1.86 bits per heavy atom. The van der Waals surface area contributed by atoms with Crippen molar-refractivity contribution in [3.05, 3.63) is 53.9 Å². The van der Waals surface area contributed by atoms with Gasteiger partial charge in [0.05, 0.1) is 11.2 Å². The minimum atomic E-state index is -3.80. The van der Waals surface area contributed by atoms with Crippen LogP contribution < -0.4 is 9.62 Å². The summed E-state index contributed by atoms with van der Waals surface area (Å²) in [5.74, 6) is 0.614. The topological polar surface area (TPSA) is 150 Å². The standard InChI is InChI=1S/C23H23N5O6S/c1-16(29)17-4-6-18(7-5-17)35(31,32)25-9-8-21(30)27-10-12-28(13-11-27)23-19(15-24)26-22(34-23)20-3-2-14-33-20/h2-7,14,25H,8-13H2,1H3. The number of benzene rings is 1. The van der Waals surface area contributed by atoms with Crippen LogP contribution >= 0.6 is 0 Å². The molecule has 1 aromatic carbocycles. The fraction of sp³-hybridized carbons (Fsp3) is 0.304. The summed E-state index contributed by atoms with van der Waals surface area (Å²) < 4.78 is 38.3. The Bertz CT molecular complexity index is 1350. The first kappa shape index (κ1) is 24.2. The number of anilines is 1. The normalized spacial score (nSPS) is 14.1. The molecule has 1 amide bonds. The monoisotopic (exact) mass is 497 g/mol. The van der Waals surface area contributed by atoms with Crippen LogP contribution in [0.2, 0.25) is 0 Å². The average molecular weight is 498 g/mol. The molecule has 0 saturated carbocycles. The maximum Gasteiger partial charge on any atom is 0.266 e. The van der Waals surface area contributed by atoms with Crippen LogP contribution in [0.4, 0.5) is 5.88 Å². The Balaban J connectivity index is 1.29. The first-order chi connectivity index (χ1) is 16.8. The molecule has 3 heterocycles. The van der Waals surface area contributed by atoms with E-state index in [4.69, 9.17) is 8.83 Å². The molecule has 12 heteroatoms. The van der Waals surface area contributed by atoms with Crippen molar-refractivity contribution in [1.29, 1.82) is 5.26 Å². The summed E-state index contributed by atoms with van der Waals surface area (Å²) in [6, 6.07) is 11.0. The van der Waals surface area contributed by atoms with Crippen LogP contribution in [0.3, 0.4) is 0 Å². The second-order valence-corrected chi connectivity index (χ2v) is 9.63. The fourth-order valence-electron chi connectivity index (χ4n) is 3.67. The number of piperazine rings is 1. The van der Waals surface area contributed by atoms with Gasteiger partial charge in [0.2, 0.25) is 27.5 Å². The molecule has 1 aliphatic heterocycles. The van der Waals surface area contributed by atoms with Crippen molar-refractivity contribution >= 4 is 27.6 Å². The van der Waals surface area contributed by atoms with Crippen LogP contribution in [0.15, 0.2) is 56.4 Å². The number of carbonyl (C=O) groups excluding carboxylic acids is 2. The lowest BCUT2D eigenvalue weighted by atomic mass is 10.2. The molecule has 35 heavy (non-hydrogen) atoms. The molecule has 11 nitrogen and oxygen atoms in total. The number of hydrogen-bond donors (Lipinski definition) is 1. The van der Waals surface area contributed by atoms with E-state index in [9.17, 15) is 23.3 Å². The number of furan rings is 1. The summed E-state index contributed by atoms with van der Waals surface area (Å²) in [7, 11) is -3.80. The van der Waals surface area contributed by atoms with Crippen LogP contribution in [0.5, 0.6) is 0 Å². The first-order valence-corrected chi connectivity index (χ1v) is 12.3. The fourth-order valence-corrected chi connectivity index (χ4v) is 4.70. The Morgan fingerprint density at radius 3 is 2.46 bits per heavy atom. The Labute approximate surface area is 202 Å². The van der Waals surface area contributed by atoms with E-state index in [1.807, 2.05) is 11.0 Å². The van der Waals surface area contributed by atoms with E-state index in [2.05, 4.69) is 9.71 Å². The van der Waals surface area contributed by atoms with Crippen molar-refractivity contribution in [1.82, 2.24) is 14.6 Å². The highest BCUT2D eigenvalue weighted by Crippen LogP contribution is 2.29. The number of Topliss-reactive ketones (excluding diaryl/α,β-unsaturated/α-hetero) is 1. The molecule has 1 fully saturated rings. The number of oxazole rings is 1. The Kier molecular flexibility index (Phi) is 6.99. The van der Waals surface area contributed by atoms with E-state index in [0.29, 0.717) is 43.4 Å². The Hall–Kier alpha value is -3.95. The van der Waals surface area contributed by atoms with Crippen molar-refractivity contribution in [2.45, 2.75) is 18.2 Å². The molecular weight excluding hydrogens is 474 g/mol. The average Bonchev–Trinajstić information content (AvgIpc) is 3.54. The van der Waals surface area contributed by atoms with Gasteiger partial charge < -0.3 is 18.6 Å². The second-order valence-electron chi connectivity index (χ2n) is 7.86. The quantitative estimate of drug-likeness (QED) is 0.461. The number of nitrogens with zero attached hydrogens (tertiary/aromatic N) is 4. The van der Waals surface area contributed by atoms with Crippen LogP contribution in [0.1, 0.15) is 29.4 Å². The lowest BCUT2D eigenvalue weighted by Gasteiger charge is -2.34. The molecule has 0 atom stereocenters. The Morgan fingerprint density at radius 1 is 1.14 bits per heavy atom. The van der Waals surface area contributed by atoms with Crippen LogP contribution in [0, 0.1) is 11.3 Å². The zero-order valence-corrected chi connectivity index (χ0v) is 19.7. The molecule has 0 aliphatic carbocycles. The van der Waals surface area contributed by atoms with Crippen LogP contribution in [-0.2, 0) is 14.8 Å². The van der Waals surface area contributed by atoms with E-state index in [0.717, 1.165) is 0 Å². The maximum absolute atomic E-state index is 12.6. The van der Waals surface area contributed by atoms with Gasteiger partial charge in [-0.3, -0.25) is 9.59 Å². The van der Waals surface area contributed by atoms with Gasteiger partial charge in [0.15, 0.2) is 11.5 Å². The zero-order chi connectivity index (χ0) is 25.0. The highest BCUT2D eigenvalue weighted by Gasteiger charge is 2.27. The number of hydrogen-bond acceptors (Lipinski definition) is 9. The molecular formula is C23H23N5O6S. The lowest BCUT2D eigenvalue weighted by molar-refractivity contribution is -0.131. The highest BCUT2D eigenvalue weighted by atomic mass is 32.2. The largest absolute Gasteiger partial charge is 0.459 e. The minimum absolute atomic E-state index is 0.000839. The van der Waals surface area contributed by atoms with Gasteiger partial charge in [-0.05, 0) is 31.2 Å². The number of aromatic nitrogens is 1. The number of nitrogens with one attached hydrogen (secondary N) is 1. The summed E-state index contributed by atoms with van der Waals surface area (Å²) in [6.45, 7) is 2.99. The summed E-state index contributed by atoms with van der Waals surface area (Å²) in [5.41, 5.74) is 0.560. The van der Waals surface area contributed by atoms with Crippen molar-refractivity contribution in [2.75, 3.05) is 37.6 Å². The second kappa shape index (κ2) is 10.1. The predicted molar refractivity (Wildman–Crippen MR) is 124 cm³/mol. The molecule has 0 bridgehead atoms. The van der Waals surface area contributed by atoms with Gasteiger partial charge in [-0.25, -0.2) is 13.1 Å². The SMILES string of the molecule is CC(=O)c1ccc(S(=O)(=O)NCCC(=O)N2CCN(c3oc(-c4ccco4)nc3C#N)CC2)cc1. The molecule has 1 saturated heterocycles. The highest BCUT2D eigenvalue weighted by molar-refractivity contribution is 7.89. The van der Waals surface area contributed by atoms with Gasteiger partial charge in [0, 0.05) is 44.7 Å². The molecule has 0 unspecified atom stereocenters. The predicted octanol–water partition coefficient (Wildman–Crippen LogP) is 2.03. The number of amides is 1. The number of ketones is 1. The van der Waals surface area contributed by atoms with Crippen molar-refractivity contribution in [2.24, 2.45) is 0 Å². The van der Waals surface area contributed by atoms with Gasteiger partial charge in [-0.15, -0.1) is 0 Å². The van der Waals surface area contributed by atoms with Crippen molar-refractivity contribution < 1.29 is 26.8 Å². The maximum atomic E-state index is 12.6. The third-order valence-corrected chi connectivity index (χ3v) is 7.05. The summed E-state index contributed by atoms with van der Waals surface area (Å²) >= 11 is 0. The molecule has 0 spiro atoms. The molecule has 1 aliphatic rings. The van der Waals surface area contributed by atoms with Gasteiger partial charge >= 0.3 is 0 Å². The molecule has 182 valence electrons. The number of nitriles is 1. The van der Waals surface area contributed by atoms with Gasteiger partial charge in [0.1, 0.15) is 6.07 Å². The molecule has 4 rings (SSSR count). The summed E-state index contributed by atoms with van der Waals surface area (Å²) in [5, 5.41) is 9.42. The molecule has 2 aromatic heterocycles. The lowest BCUT2D eigenvalue weighted by Crippen LogP contribution is -2.49. The number of carbonyl (C=O) groups is 2. The molecule has 3 aromatic rings. The summed E-state index contributed by atoms with van der Waals surface area (Å²) in [4.78, 5) is 31.6. The van der Waals surface area contributed by atoms with Gasteiger partial charge in [0.25, 0.3) is 5.89 Å². The molecule has 0 radical (unpaired) electrons. The van der Waals surface area contributed by atoms with E-state index < -0.39 is 10.0 Å². The van der Waals surface area contributed by atoms with Crippen LogP contribution in [-0.4, -0.2) is 62.7 Å². The smallest absolute Gasteiger partial charge is 0.266 e. The third kappa shape index (κ3) is 5.42. The zero-order valence-electron chi connectivity index (χ0n) is 18.9. The van der Waals surface area contributed by atoms with E-state index >= 15 is 0 Å². The van der Waals surface area contributed by atoms with Crippen LogP contribution in [0.25, 0.3) is 11.7 Å². The first-order valence-electron chi connectivity index (χ1n) is 10.9. The van der Waals surface area contributed by atoms with Crippen molar-refractivity contribution in [3.8, 4) is 17.7 Å².